The van der Waals surface area contributed by atoms with Crippen molar-refractivity contribution in [2.45, 2.75) is 25.6 Å². The number of nitro benzene ring substituents is 1. The van der Waals surface area contributed by atoms with Crippen molar-refractivity contribution >= 4 is 23.2 Å². The number of nitro groups is 1. The van der Waals surface area contributed by atoms with Crippen molar-refractivity contribution in [1.29, 1.82) is 0 Å². The Bertz CT molecular complexity index is 1230. The number of likely N-dealkylation sites (tertiary alicyclic amines) is 1. The average Bonchev–Trinajstić information content (AvgIpc) is 3.32. The molecular formula is C25H21N3O5. The lowest BCUT2D eigenvalue weighted by molar-refractivity contribution is -0.384. The summed E-state index contributed by atoms with van der Waals surface area (Å²) in [5.41, 5.74) is 3.01. The highest BCUT2D eigenvalue weighted by atomic mass is 16.7. The molecule has 2 aliphatic rings. The number of hydrogen-bond donors (Lipinski definition) is 0. The second-order valence-electron chi connectivity index (χ2n) is 8.26. The number of amides is 2. The molecule has 3 aromatic rings. The lowest BCUT2D eigenvalue weighted by Gasteiger charge is -2.28. The van der Waals surface area contributed by atoms with E-state index in [0.29, 0.717) is 5.69 Å². The second kappa shape index (κ2) is 8.14. The van der Waals surface area contributed by atoms with Gasteiger partial charge in [0.15, 0.2) is 6.10 Å². The minimum Gasteiger partial charge on any atom is -0.275 e. The average molecular weight is 443 g/mol. The molecule has 3 atom stereocenters. The van der Waals surface area contributed by atoms with Crippen LogP contribution in [0, 0.1) is 23.0 Å². The Balaban J connectivity index is 1.54. The van der Waals surface area contributed by atoms with E-state index in [4.69, 9.17) is 4.84 Å². The first-order chi connectivity index (χ1) is 15.9. The molecule has 0 radical (unpaired) electrons. The zero-order chi connectivity index (χ0) is 23.1. The smallest absolute Gasteiger partial charge is 0.271 e. The van der Waals surface area contributed by atoms with E-state index in [1.165, 1.54) is 22.1 Å². The number of nitrogens with zero attached hydrogens (tertiary/aromatic N) is 3. The second-order valence-corrected chi connectivity index (χ2v) is 8.26. The molecule has 2 amide bonds. The van der Waals surface area contributed by atoms with Crippen LogP contribution in [0.25, 0.3) is 0 Å². The number of fused-ring (bicyclic) bond motifs is 1. The highest BCUT2D eigenvalue weighted by Crippen LogP contribution is 2.47. The molecule has 0 N–H and O–H groups in total. The zero-order valence-electron chi connectivity index (χ0n) is 17.8. The van der Waals surface area contributed by atoms with Crippen LogP contribution in [0.2, 0.25) is 0 Å². The number of benzene rings is 3. The molecule has 3 aromatic carbocycles. The van der Waals surface area contributed by atoms with Gasteiger partial charge in [0.2, 0.25) is 5.91 Å². The van der Waals surface area contributed by atoms with Crippen molar-refractivity contribution in [3.63, 3.8) is 0 Å². The van der Waals surface area contributed by atoms with Crippen molar-refractivity contribution in [2.24, 2.45) is 5.92 Å². The number of carbonyl (C=O) groups is 2. The van der Waals surface area contributed by atoms with E-state index in [2.05, 4.69) is 0 Å². The van der Waals surface area contributed by atoms with Gasteiger partial charge in [0.05, 0.1) is 23.2 Å². The summed E-state index contributed by atoms with van der Waals surface area (Å²) in [7, 11) is 0. The summed E-state index contributed by atoms with van der Waals surface area (Å²) < 4.78 is 0. The van der Waals surface area contributed by atoms with Crippen LogP contribution in [0.15, 0.2) is 78.9 Å². The Kier molecular flexibility index (Phi) is 5.14. The van der Waals surface area contributed by atoms with Crippen molar-refractivity contribution in [3.05, 3.63) is 106 Å². The SMILES string of the molecule is Cc1ccc([C@H]2[C@@H]3C(=O)N(Cc4ccccc4)C(=O)[C@H]3ON2c2cccc([N+](=O)[O-])c2)cc1. The molecule has 8 nitrogen and oxygen atoms in total. The van der Waals surface area contributed by atoms with Gasteiger partial charge in [-0.3, -0.25) is 29.4 Å². The van der Waals surface area contributed by atoms with Crippen LogP contribution in [0.4, 0.5) is 11.4 Å². The number of carbonyl (C=O) groups excluding carboxylic acids is 2. The number of hydroxylamine groups is 1. The molecule has 166 valence electrons. The van der Waals surface area contributed by atoms with Gasteiger partial charge in [-0.2, -0.15) is 0 Å². The lowest BCUT2D eigenvalue weighted by atomic mass is 9.90. The monoisotopic (exact) mass is 443 g/mol. The standard InChI is InChI=1S/C25H21N3O5/c1-16-10-12-18(13-11-16)22-21-23(33-27(22)19-8-5-9-20(14-19)28(31)32)25(30)26(24(21)29)15-17-6-3-2-4-7-17/h2-14,21-23H,15H2,1H3/t21-,22-,23-/m0/s1. The Morgan fingerprint density at radius 2 is 1.67 bits per heavy atom. The van der Waals surface area contributed by atoms with E-state index >= 15 is 0 Å². The van der Waals surface area contributed by atoms with Crippen LogP contribution in [0.1, 0.15) is 22.7 Å². The number of imide groups is 1. The molecular weight excluding hydrogens is 422 g/mol. The fraction of sp³-hybridized carbons (Fsp3) is 0.200. The molecule has 0 spiro atoms. The molecule has 8 heteroatoms. The van der Waals surface area contributed by atoms with E-state index in [9.17, 15) is 19.7 Å². The van der Waals surface area contributed by atoms with Gasteiger partial charge in [-0.1, -0.05) is 66.2 Å². The van der Waals surface area contributed by atoms with E-state index < -0.39 is 28.9 Å². The zero-order valence-corrected chi connectivity index (χ0v) is 17.8. The van der Waals surface area contributed by atoms with Crippen molar-refractivity contribution in [2.75, 3.05) is 5.06 Å². The molecule has 2 heterocycles. The summed E-state index contributed by atoms with van der Waals surface area (Å²) in [4.78, 5) is 44.8. The minimum absolute atomic E-state index is 0.0980. The third kappa shape index (κ3) is 3.64. The van der Waals surface area contributed by atoms with Crippen LogP contribution >= 0.6 is 0 Å². The van der Waals surface area contributed by atoms with Gasteiger partial charge in [0.25, 0.3) is 11.6 Å². The van der Waals surface area contributed by atoms with Gasteiger partial charge in [-0.15, -0.1) is 0 Å². The maximum Gasteiger partial charge on any atom is 0.271 e. The number of anilines is 1. The first kappa shape index (κ1) is 20.8. The highest BCUT2D eigenvalue weighted by Gasteiger charge is 2.59. The summed E-state index contributed by atoms with van der Waals surface area (Å²) in [6.07, 6.45) is -0.994. The van der Waals surface area contributed by atoms with Gasteiger partial charge >= 0.3 is 0 Å². The molecule has 0 unspecified atom stereocenters. The minimum atomic E-state index is -0.994. The molecule has 5 rings (SSSR count). The van der Waals surface area contributed by atoms with Gasteiger partial charge < -0.3 is 0 Å². The molecule has 2 saturated heterocycles. The highest BCUT2D eigenvalue weighted by molar-refractivity contribution is 6.07. The Hall–Kier alpha value is -4.04. The Labute approximate surface area is 190 Å². The summed E-state index contributed by atoms with van der Waals surface area (Å²) in [6, 6.07) is 22.4. The molecule has 0 aromatic heterocycles. The summed E-state index contributed by atoms with van der Waals surface area (Å²) in [5.74, 6) is -1.48. The van der Waals surface area contributed by atoms with Crippen molar-refractivity contribution in [1.82, 2.24) is 4.90 Å². The molecule has 0 saturated carbocycles. The predicted octanol–water partition coefficient (Wildman–Crippen LogP) is 3.95. The molecule has 0 aliphatic carbocycles. The van der Waals surface area contributed by atoms with Gasteiger partial charge in [0, 0.05) is 12.1 Å². The summed E-state index contributed by atoms with van der Waals surface area (Å²) in [5, 5.41) is 12.8. The maximum absolute atomic E-state index is 13.5. The van der Waals surface area contributed by atoms with Crippen LogP contribution in [0.3, 0.4) is 0 Å². The Morgan fingerprint density at radius 3 is 2.36 bits per heavy atom. The fourth-order valence-electron chi connectivity index (χ4n) is 4.46. The maximum atomic E-state index is 13.5. The molecule has 2 aliphatic heterocycles. The van der Waals surface area contributed by atoms with Crippen molar-refractivity contribution in [3.8, 4) is 0 Å². The fourth-order valence-corrected chi connectivity index (χ4v) is 4.46. The topological polar surface area (TPSA) is 93.0 Å². The van der Waals surface area contributed by atoms with E-state index in [1.54, 1.807) is 12.1 Å². The normalized spacial score (nSPS) is 22.0. The largest absolute Gasteiger partial charge is 0.275 e. The third-order valence-electron chi connectivity index (χ3n) is 6.10. The van der Waals surface area contributed by atoms with Crippen LogP contribution in [0.5, 0.6) is 0 Å². The first-order valence-electron chi connectivity index (χ1n) is 10.6. The first-order valence-corrected chi connectivity index (χ1v) is 10.6. The molecule has 33 heavy (non-hydrogen) atoms. The third-order valence-corrected chi connectivity index (χ3v) is 6.10. The van der Waals surface area contributed by atoms with Crippen LogP contribution in [-0.2, 0) is 21.0 Å². The summed E-state index contributed by atoms with van der Waals surface area (Å²) in [6.45, 7) is 2.13. The van der Waals surface area contributed by atoms with Crippen molar-refractivity contribution < 1.29 is 19.3 Å². The van der Waals surface area contributed by atoms with Gasteiger partial charge in [-0.05, 0) is 24.1 Å². The molecule has 2 fully saturated rings. The van der Waals surface area contributed by atoms with Crippen LogP contribution in [-0.4, -0.2) is 27.7 Å². The predicted molar refractivity (Wildman–Crippen MR) is 120 cm³/mol. The Morgan fingerprint density at radius 1 is 0.939 bits per heavy atom. The number of non-ortho nitro benzene ring substituents is 1. The summed E-state index contributed by atoms with van der Waals surface area (Å²) >= 11 is 0. The van der Waals surface area contributed by atoms with E-state index in [1.807, 2.05) is 61.5 Å². The number of hydrogen-bond acceptors (Lipinski definition) is 6. The van der Waals surface area contributed by atoms with Crippen LogP contribution < -0.4 is 5.06 Å². The van der Waals surface area contributed by atoms with Gasteiger partial charge in [0.1, 0.15) is 5.92 Å². The quantitative estimate of drug-likeness (QED) is 0.337. The van der Waals surface area contributed by atoms with E-state index in [-0.39, 0.29) is 18.1 Å². The molecule has 0 bridgehead atoms. The lowest BCUT2D eigenvalue weighted by Crippen LogP contribution is -2.37. The van der Waals surface area contributed by atoms with Gasteiger partial charge in [-0.25, -0.2) is 5.06 Å². The number of rotatable bonds is 5. The number of aryl methyl sites for hydroxylation is 1. The van der Waals surface area contributed by atoms with E-state index in [0.717, 1.165) is 16.7 Å².